The van der Waals surface area contributed by atoms with Crippen molar-refractivity contribution in [3.63, 3.8) is 0 Å². The molecule has 2 nitrogen and oxygen atoms in total. The Hall–Kier alpha value is -1.87. The van der Waals surface area contributed by atoms with E-state index in [1.165, 1.54) is 13.2 Å². The highest BCUT2D eigenvalue weighted by atomic mass is 19.1. The normalized spacial score (nSPS) is 12.2. The minimum absolute atomic E-state index is 0.296. The molecule has 106 valence electrons. The van der Waals surface area contributed by atoms with E-state index in [1.807, 2.05) is 26.0 Å². The average Bonchev–Trinajstić information content (AvgIpc) is 2.36. The number of benzene rings is 2. The van der Waals surface area contributed by atoms with E-state index in [9.17, 15) is 9.50 Å². The van der Waals surface area contributed by atoms with Crippen molar-refractivity contribution in [1.29, 1.82) is 0 Å². The molecule has 20 heavy (non-hydrogen) atoms. The summed E-state index contributed by atoms with van der Waals surface area (Å²) in [4.78, 5) is 0. The molecule has 0 spiro atoms. The van der Waals surface area contributed by atoms with E-state index in [0.29, 0.717) is 17.7 Å². The molecule has 0 aromatic heterocycles. The van der Waals surface area contributed by atoms with Crippen molar-refractivity contribution in [3.8, 4) is 5.75 Å². The molecule has 1 unspecified atom stereocenters. The van der Waals surface area contributed by atoms with Gasteiger partial charge in [-0.05, 0) is 31.5 Å². The molecule has 1 N–H and O–H groups in total. The second-order valence-electron chi connectivity index (χ2n) is 5.10. The second-order valence-corrected chi connectivity index (χ2v) is 5.10. The van der Waals surface area contributed by atoms with Crippen LogP contribution in [0, 0.1) is 19.7 Å². The molecule has 0 bridgehead atoms. The molecule has 0 aliphatic rings. The summed E-state index contributed by atoms with van der Waals surface area (Å²) >= 11 is 0. The van der Waals surface area contributed by atoms with Crippen molar-refractivity contribution in [3.05, 3.63) is 64.5 Å². The zero-order chi connectivity index (χ0) is 14.7. The van der Waals surface area contributed by atoms with Gasteiger partial charge in [0.15, 0.2) is 0 Å². The predicted molar refractivity (Wildman–Crippen MR) is 77.5 cm³/mol. The molecule has 0 saturated heterocycles. The molecule has 0 aliphatic carbocycles. The molecule has 0 heterocycles. The molecule has 0 saturated carbocycles. The Balaban J connectivity index is 2.21. The lowest BCUT2D eigenvalue weighted by molar-refractivity contribution is 0.173. The van der Waals surface area contributed by atoms with Gasteiger partial charge in [0, 0.05) is 18.1 Å². The maximum Gasteiger partial charge on any atom is 0.132 e. The molecular formula is C17H19FO2. The van der Waals surface area contributed by atoms with Crippen LogP contribution in [-0.2, 0) is 6.42 Å². The highest BCUT2D eigenvalue weighted by Crippen LogP contribution is 2.25. The van der Waals surface area contributed by atoms with Gasteiger partial charge in [-0.15, -0.1) is 0 Å². The summed E-state index contributed by atoms with van der Waals surface area (Å²) in [6.45, 7) is 4.02. The lowest BCUT2D eigenvalue weighted by Gasteiger charge is -2.14. The van der Waals surface area contributed by atoms with Crippen molar-refractivity contribution in [2.24, 2.45) is 0 Å². The smallest absolute Gasteiger partial charge is 0.132 e. The van der Waals surface area contributed by atoms with E-state index >= 15 is 0 Å². The zero-order valence-electron chi connectivity index (χ0n) is 12.0. The monoisotopic (exact) mass is 274 g/mol. The van der Waals surface area contributed by atoms with Crippen LogP contribution in [0.3, 0.4) is 0 Å². The number of rotatable bonds is 4. The van der Waals surface area contributed by atoms with E-state index in [1.54, 1.807) is 12.1 Å². The standard InChI is InChI=1S/C17H19FO2/c1-11-6-12(2)8-13(7-11)9-17(19)15-5-4-14(20-3)10-16(15)18/h4-8,10,17,19H,9H2,1-3H3. The van der Waals surface area contributed by atoms with Crippen LogP contribution in [0.2, 0.25) is 0 Å². The summed E-state index contributed by atoms with van der Waals surface area (Å²) in [6.07, 6.45) is -0.465. The maximum atomic E-state index is 13.9. The lowest BCUT2D eigenvalue weighted by Crippen LogP contribution is -2.05. The topological polar surface area (TPSA) is 29.5 Å². The zero-order valence-corrected chi connectivity index (χ0v) is 12.0. The van der Waals surface area contributed by atoms with Gasteiger partial charge in [-0.2, -0.15) is 0 Å². The van der Waals surface area contributed by atoms with Crippen molar-refractivity contribution in [2.45, 2.75) is 26.4 Å². The summed E-state index contributed by atoms with van der Waals surface area (Å²) in [7, 11) is 1.49. The van der Waals surface area contributed by atoms with E-state index < -0.39 is 11.9 Å². The van der Waals surface area contributed by atoms with Crippen molar-refractivity contribution in [2.75, 3.05) is 7.11 Å². The SMILES string of the molecule is COc1ccc(C(O)Cc2cc(C)cc(C)c2)c(F)c1. The largest absolute Gasteiger partial charge is 0.497 e. The first kappa shape index (κ1) is 14.5. The predicted octanol–water partition coefficient (Wildman–Crippen LogP) is 3.73. The van der Waals surface area contributed by atoms with Gasteiger partial charge in [0.2, 0.25) is 0 Å². The van der Waals surface area contributed by atoms with Crippen molar-refractivity contribution >= 4 is 0 Å². The number of methoxy groups -OCH3 is 1. The Kier molecular flexibility index (Phi) is 4.40. The molecule has 1 atom stereocenters. The third-order valence-corrected chi connectivity index (χ3v) is 3.28. The molecule has 2 aromatic rings. The first-order valence-corrected chi connectivity index (χ1v) is 6.58. The molecule has 2 rings (SSSR count). The van der Waals surface area contributed by atoms with Gasteiger partial charge in [-0.3, -0.25) is 0 Å². The molecular weight excluding hydrogens is 255 g/mol. The van der Waals surface area contributed by atoms with E-state index in [2.05, 4.69) is 6.07 Å². The minimum Gasteiger partial charge on any atom is -0.497 e. The van der Waals surface area contributed by atoms with Crippen LogP contribution in [0.5, 0.6) is 5.75 Å². The van der Waals surface area contributed by atoms with Gasteiger partial charge in [0.05, 0.1) is 13.2 Å². The first-order valence-electron chi connectivity index (χ1n) is 6.58. The number of aliphatic hydroxyl groups excluding tert-OH is 1. The highest BCUT2D eigenvalue weighted by Gasteiger charge is 2.14. The summed E-state index contributed by atoms with van der Waals surface area (Å²) < 4.78 is 18.9. The molecule has 0 fully saturated rings. The Morgan fingerprint density at radius 2 is 1.75 bits per heavy atom. The van der Waals surface area contributed by atoms with Gasteiger partial charge in [0.1, 0.15) is 11.6 Å². The second kappa shape index (κ2) is 6.06. The Morgan fingerprint density at radius 3 is 2.30 bits per heavy atom. The number of aryl methyl sites for hydroxylation is 2. The third-order valence-electron chi connectivity index (χ3n) is 3.28. The summed E-state index contributed by atoms with van der Waals surface area (Å²) in [5.41, 5.74) is 3.58. The molecule has 0 aliphatic heterocycles. The van der Waals surface area contributed by atoms with Gasteiger partial charge in [-0.25, -0.2) is 4.39 Å². The number of ether oxygens (including phenoxy) is 1. The quantitative estimate of drug-likeness (QED) is 0.920. The summed E-state index contributed by atoms with van der Waals surface area (Å²) in [5.74, 6) is 0.00563. The van der Waals surface area contributed by atoms with E-state index in [0.717, 1.165) is 16.7 Å². The van der Waals surface area contributed by atoms with Crippen LogP contribution in [0.1, 0.15) is 28.4 Å². The molecule has 0 amide bonds. The van der Waals surface area contributed by atoms with Crippen molar-refractivity contribution in [1.82, 2.24) is 0 Å². The van der Waals surface area contributed by atoms with Crippen LogP contribution in [-0.4, -0.2) is 12.2 Å². The minimum atomic E-state index is -0.859. The van der Waals surface area contributed by atoms with Crippen LogP contribution in [0.15, 0.2) is 36.4 Å². The lowest BCUT2D eigenvalue weighted by atomic mass is 9.98. The van der Waals surface area contributed by atoms with Crippen LogP contribution in [0.4, 0.5) is 4.39 Å². The number of halogens is 1. The fraction of sp³-hybridized carbons (Fsp3) is 0.294. The first-order chi connectivity index (χ1) is 9.49. The van der Waals surface area contributed by atoms with Gasteiger partial charge in [-0.1, -0.05) is 29.3 Å². The fourth-order valence-electron chi connectivity index (χ4n) is 2.43. The number of hydrogen-bond donors (Lipinski definition) is 1. The van der Waals surface area contributed by atoms with Crippen molar-refractivity contribution < 1.29 is 14.2 Å². The van der Waals surface area contributed by atoms with Crippen LogP contribution >= 0.6 is 0 Å². The third kappa shape index (κ3) is 3.36. The number of hydrogen-bond acceptors (Lipinski definition) is 2. The van der Waals surface area contributed by atoms with Gasteiger partial charge < -0.3 is 9.84 Å². The van der Waals surface area contributed by atoms with Crippen LogP contribution in [0.25, 0.3) is 0 Å². The Morgan fingerprint density at radius 1 is 1.10 bits per heavy atom. The van der Waals surface area contributed by atoms with E-state index in [4.69, 9.17) is 4.74 Å². The van der Waals surface area contributed by atoms with Gasteiger partial charge in [0.25, 0.3) is 0 Å². The fourth-order valence-corrected chi connectivity index (χ4v) is 2.43. The number of aliphatic hydroxyl groups is 1. The summed E-state index contributed by atoms with van der Waals surface area (Å²) in [6, 6.07) is 10.6. The highest BCUT2D eigenvalue weighted by molar-refractivity contribution is 5.33. The molecule has 2 aromatic carbocycles. The summed E-state index contributed by atoms with van der Waals surface area (Å²) in [5, 5.41) is 10.2. The average molecular weight is 274 g/mol. The Labute approximate surface area is 118 Å². The van der Waals surface area contributed by atoms with Crippen LogP contribution < -0.4 is 4.74 Å². The Bertz CT molecular complexity index is 588. The maximum absolute atomic E-state index is 13.9. The molecule has 3 heteroatoms. The van der Waals surface area contributed by atoms with Gasteiger partial charge >= 0.3 is 0 Å². The van der Waals surface area contributed by atoms with E-state index in [-0.39, 0.29) is 0 Å². The molecule has 0 radical (unpaired) electrons.